The van der Waals surface area contributed by atoms with Crippen molar-refractivity contribution in [1.29, 1.82) is 5.41 Å². The average Bonchev–Trinajstić information content (AvgIpc) is 3.38. The Morgan fingerprint density at radius 1 is 0.816 bits per heavy atom. The second-order valence-electron chi connectivity index (χ2n) is 8.74. The molecule has 3 N–H and O–H groups in total. The highest BCUT2D eigenvalue weighted by Crippen LogP contribution is 2.32. The van der Waals surface area contributed by atoms with Gasteiger partial charge in [-0.05, 0) is 60.0 Å². The predicted octanol–water partition coefficient (Wildman–Crippen LogP) is 4.80. The minimum Gasteiger partial charge on any atom is -0.478 e. The molecule has 38 heavy (non-hydrogen) atoms. The number of anilines is 2. The Morgan fingerprint density at radius 3 is 2.18 bits per heavy atom. The maximum Gasteiger partial charge on any atom is 0.337 e. The molecule has 0 saturated heterocycles. The number of fused-ring (bicyclic) bond motifs is 1. The number of nitrogens with zero attached hydrogens (tertiary/aromatic N) is 1. The number of rotatable bonds is 7. The molecule has 1 amide bonds. The fourth-order valence-electron chi connectivity index (χ4n) is 4.41. The van der Waals surface area contributed by atoms with Gasteiger partial charge in [-0.1, -0.05) is 54.6 Å². The van der Waals surface area contributed by atoms with Crippen molar-refractivity contribution in [1.82, 2.24) is 0 Å². The number of sulfonamides is 1. The number of nitrogens with one attached hydrogen (secondary N) is 2. The molecule has 9 heteroatoms. The first-order valence-corrected chi connectivity index (χ1v) is 13.2. The van der Waals surface area contributed by atoms with Crippen LogP contribution in [0.15, 0.2) is 102 Å². The summed E-state index contributed by atoms with van der Waals surface area (Å²) in [6, 6.07) is 26.1. The van der Waals surface area contributed by atoms with Crippen molar-refractivity contribution in [3.63, 3.8) is 0 Å². The summed E-state index contributed by atoms with van der Waals surface area (Å²) in [7, 11) is -3.80. The number of hydrogen-bond donors (Lipinski definition) is 3. The Labute approximate surface area is 219 Å². The van der Waals surface area contributed by atoms with Gasteiger partial charge in [0.25, 0.3) is 15.9 Å². The molecular formula is C29H23N3O5S. The summed E-state index contributed by atoms with van der Waals surface area (Å²) >= 11 is 0. The lowest BCUT2D eigenvalue weighted by Crippen LogP contribution is -2.29. The van der Waals surface area contributed by atoms with Gasteiger partial charge < -0.3 is 10.4 Å². The normalized spacial score (nSPS) is 12.6. The largest absolute Gasteiger partial charge is 0.478 e. The Morgan fingerprint density at radius 2 is 1.47 bits per heavy atom. The van der Waals surface area contributed by atoms with Crippen molar-refractivity contribution in [3.8, 4) is 0 Å². The highest BCUT2D eigenvalue weighted by Gasteiger charge is 2.30. The molecule has 8 nitrogen and oxygen atoms in total. The van der Waals surface area contributed by atoms with Crippen LogP contribution in [-0.4, -0.2) is 37.7 Å². The second kappa shape index (κ2) is 9.95. The van der Waals surface area contributed by atoms with Crippen LogP contribution >= 0.6 is 0 Å². The molecule has 5 rings (SSSR count). The molecule has 1 aliphatic rings. The van der Waals surface area contributed by atoms with E-state index in [1.807, 2.05) is 18.2 Å². The lowest BCUT2D eigenvalue weighted by molar-refractivity contribution is 0.0698. The van der Waals surface area contributed by atoms with Crippen LogP contribution in [0.3, 0.4) is 0 Å². The standard InChI is InChI=1S/C29H23N3O5S/c30-27(20-7-2-1-3-8-20)22-12-15-25(24(18-22)29(34)35)31-28(33)21-10-13-23(14-11-21)38(36,37)32-17-16-19-6-4-5-9-26(19)32/h1-15,18,30H,16-17H2,(H,31,33)(H,34,35). The topological polar surface area (TPSA) is 128 Å². The van der Waals surface area contributed by atoms with Gasteiger partial charge in [0.15, 0.2) is 0 Å². The summed E-state index contributed by atoms with van der Waals surface area (Å²) in [5, 5.41) is 20.7. The lowest BCUT2D eigenvalue weighted by atomic mass is 9.99. The zero-order valence-corrected chi connectivity index (χ0v) is 20.9. The van der Waals surface area contributed by atoms with E-state index in [-0.39, 0.29) is 27.4 Å². The van der Waals surface area contributed by atoms with Crippen molar-refractivity contribution in [3.05, 3.63) is 125 Å². The molecule has 4 aromatic carbocycles. The maximum absolute atomic E-state index is 13.2. The summed E-state index contributed by atoms with van der Waals surface area (Å²) in [6.45, 7) is 0.347. The highest BCUT2D eigenvalue weighted by molar-refractivity contribution is 7.92. The van der Waals surface area contributed by atoms with Crippen molar-refractivity contribution in [2.75, 3.05) is 16.2 Å². The third-order valence-electron chi connectivity index (χ3n) is 6.40. The number of para-hydroxylation sites is 1. The van der Waals surface area contributed by atoms with Crippen molar-refractivity contribution < 1.29 is 23.1 Å². The van der Waals surface area contributed by atoms with E-state index < -0.39 is 21.9 Å². The van der Waals surface area contributed by atoms with Gasteiger partial charge in [-0.25, -0.2) is 13.2 Å². The number of carboxylic acid groups (broad SMARTS) is 1. The average molecular weight is 526 g/mol. The Hall–Kier alpha value is -4.76. The Bertz CT molecular complexity index is 1670. The molecule has 0 aliphatic carbocycles. The molecule has 1 aliphatic heterocycles. The number of carbonyl (C=O) groups excluding carboxylic acids is 1. The molecule has 0 saturated carbocycles. The Balaban J connectivity index is 1.36. The fraction of sp³-hybridized carbons (Fsp3) is 0.0690. The van der Waals surface area contributed by atoms with Crippen LogP contribution in [0.25, 0.3) is 0 Å². The van der Waals surface area contributed by atoms with Crippen molar-refractivity contribution >= 4 is 39.0 Å². The molecule has 0 spiro atoms. The van der Waals surface area contributed by atoms with Gasteiger partial charge in [-0.3, -0.25) is 14.5 Å². The van der Waals surface area contributed by atoms with Crippen molar-refractivity contribution in [2.24, 2.45) is 0 Å². The van der Waals surface area contributed by atoms with Crippen LogP contribution in [0.4, 0.5) is 11.4 Å². The van der Waals surface area contributed by atoms with E-state index >= 15 is 0 Å². The van der Waals surface area contributed by atoms with E-state index in [4.69, 9.17) is 5.41 Å². The molecule has 0 unspecified atom stereocenters. The number of carboxylic acids is 1. The first-order valence-electron chi connectivity index (χ1n) is 11.8. The molecule has 4 aromatic rings. The first-order chi connectivity index (χ1) is 18.3. The van der Waals surface area contributed by atoms with Gasteiger partial charge >= 0.3 is 5.97 Å². The quantitative estimate of drug-likeness (QED) is 0.299. The molecule has 0 aromatic heterocycles. The van der Waals surface area contributed by atoms with E-state index in [2.05, 4.69) is 5.32 Å². The molecule has 0 radical (unpaired) electrons. The number of amides is 1. The van der Waals surface area contributed by atoms with Gasteiger partial charge in [0.05, 0.1) is 27.5 Å². The van der Waals surface area contributed by atoms with Gasteiger partial charge in [0, 0.05) is 17.7 Å². The van der Waals surface area contributed by atoms with Gasteiger partial charge in [0.1, 0.15) is 0 Å². The van der Waals surface area contributed by atoms with Crippen LogP contribution in [0, 0.1) is 5.41 Å². The predicted molar refractivity (Wildman–Crippen MR) is 145 cm³/mol. The van der Waals surface area contributed by atoms with Crippen LogP contribution < -0.4 is 9.62 Å². The van der Waals surface area contributed by atoms with E-state index in [0.717, 1.165) is 5.56 Å². The molecule has 1 heterocycles. The third kappa shape index (κ3) is 4.67. The van der Waals surface area contributed by atoms with Crippen LogP contribution in [0.2, 0.25) is 0 Å². The van der Waals surface area contributed by atoms with Crippen LogP contribution in [-0.2, 0) is 16.4 Å². The van der Waals surface area contributed by atoms with E-state index in [1.165, 1.54) is 40.7 Å². The number of benzene rings is 4. The summed E-state index contributed by atoms with van der Waals surface area (Å²) in [5.41, 5.74) is 2.87. The fourth-order valence-corrected chi connectivity index (χ4v) is 5.92. The minimum absolute atomic E-state index is 0.0563. The SMILES string of the molecule is N=C(c1ccccc1)c1ccc(NC(=O)c2ccc(S(=O)(=O)N3CCc4ccccc43)cc2)c(C(=O)O)c1. The van der Waals surface area contributed by atoms with E-state index in [9.17, 15) is 23.1 Å². The summed E-state index contributed by atoms with van der Waals surface area (Å²) < 4.78 is 27.8. The maximum atomic E-state index is 13.2. The third-order valence-corrected chi connectivity index (χ3v) is 8.23. The highest BCUT2D eigenvalue weighted by atomic mass is 32.2. The first kappa shape index (κ1) is 24.9. The Kier molecular flexibility index (Phi) is 6.52. The molecule has 190 valence electrons. The molecule has 0 fully saturated rings. The summed E-state index contributed by atoms with van der Waals surface area (Å²) in [4.78, 5) is 24.9. The van der Waals surface area contributed by atoms with Gasteiger partial charge in [-0.15, -0.1) is 0 Å². The van der Waals surface area contributed by atoms with Crippen LogP contribution in [0.5, 0.6) is 0 Å². The molecule has 0 atom stereocenters. The zero-order valence-electron chi connectivity index (χ0n) is 20.1. The number of carbonyl (C=O) groups is 2. The van der Waals surface area contributed by atoms with E-state index in [1.54, 1.807) is 42.5 Å². The summed E-state index contributed by atoms with van der Waals surface area (Å²) in [5.74, 6) is -1.84. The van der Waals surface area contributed by atoms with E-state index in [0.29, 0.717) is 29.8 Å². The number of hydrogen-bond acceptors (Lipinski definition) is 5. The number of aromatic carboxylic acids is 1. The lowest BCUT2D eigenvalue weighted by Gasteiger charge is -2.19. The van der Waals surface area contributed by atoms with Gasteiger partial charge in [-0.2, -0.15) is 0 Å². The zero-order chi connectivity index (χ0) is 26.9. The van der Waals surface area contributed by atoms with Gasteiger partial charge in [0.2, 0.25) is 0 Å². The van der Waals surface area contributed by atoms with Crippen molar-refractivity contribution in [2.45, 2.75) is 11.3 Å². The summed E-state index contributed by atoms with van der Waals surface area (Å²) in [6.07, 6.45) is 0.630. The molecular weight excluding hydrogens is 502 g/mol. The minimum atomic E-state index is -3.80. The monoisotopic (exact) mass is 525 g/mol. The van der Waals surface area contributed by atoms with Crippen LogP contribution in [0.1, 0.15) is 37.4 Å². The molecule has 0 bridgehead atoms. The second-order valence-corrected chi connectivity index (χ2v) is 10.6. The smallest absolute Gasteiger partial charge is 0.337 e.